The molecule has 0 aliphatic heterocycles. The van der Waals surface area contributed by atoms with Crippen LogP contribution in [0.15, 0.2) is 60.7 Å². The Hall–Kier alpha value is -2.59. The first-order valence-corrected chi connectivity index (χ1v) is 7.17. The average molecular weight is 313 g/mol. The van der Waals surface area contributed by atoms with Crippen LogP contribution in [0.2, 0.25) is 5.02 Å². The third-order valence-corrected chi connectivity index (χ3v) is 3.69. The van der Waals surface area contributed by atoms with Gasteiger partial charge in [-0.1, -0.05) is 48.0 Å². The average Bonchev–Trinajstić information content (AvgIpc) is 2.53. The predicted octanol–water partition coefficient (Wildman–Crippen LogP) is 5.01. The molecular weight excluding hydrogens is 300 g/mol. The Morgan fingerprint density at radius 3 is 2.55 bits per heavy atom. The van der Waals surface area contributed by atoms with E-state index in [-0.39, 0.29) is 5.69 Å². The largest absolute Gasteiger partial charge is 0.375 e. The number of nitro groups is 1. The highest BCUT2D eigenvalue weighted by Gasteiger charge is 2.13. The lowest BCUT2D eigenvalue weighted by Crippen LogP contribution is -2.02. The molecule has 0 fully saturated rings. The minimum absolute atomic E-state index is 0.0201. The van der Waals surface area contributed by atoms with Gasteiger partial charge in [0, 0.05) is 17.6 Å². The number of nitro benzene ring substituents is 1. The molecule has 4 nitrogen and oxygen atoms in total. The standard InChI is InChI=1S/C17H13ClN2O2/c18-15-7-8-16(17(10-15)20(21)22)19-11-12-5-6-13-3-1-2-4-14(13)9-12/h1-10,19H,11H2. The summed E-state index contributed by atoms with van der Waals surface area (Å²) in [5.41, 5.74) is 1.50. The number of nitrogens with zero attached hydrogens (tertiary/aromatic N) is 1. The van der Waals surface area contributed by atoms with Crippen LogP contribution in [0.5, 0.6) is 0 Å². The first-order chi connectivity index (χ1) is 10.6. The van der Waals surface area contributed by atoms with Crippen molar-refractivity contribution in [3.8, 4) is 0 Å². The molecule has 0 bridgehead atoms. The molecule has 0 aromatic heterocycles. The smallest absolute Gasteiger partial charge is 0.293 e. The Balaban J connectivity index is 1.83. The summed E-state index contributed by atoms with van der Waals surface area (Å²) in [4.78, 5) is 10.6. The topological polar surface area (TPSA) is 55.2 Å². The molecule has 0 spiro atoms. The van der Waals surface area contributed by atoms with Crippen LogP contribution in [0.3, 0.4) is 0 Å². The molecule has 0 saturated heterocycles. The quantitative estimate of drug-likeness (QED) is 0.544. The molecule has 0 amide bonds. The van der Waals surface area contributed by atoms with Crippen molar-refractivity contribution >= 4 is 33.7 Å². The van der Waals surface area contributed by atoms with Gasteiger partial charge in [0.25, 0.3) is 5.69 Å². The molecule has 0 radical (unpaired) electrons. The summed E-state index contributed by atoms with van der Waals surface area (Å²) in [6, 6.07) is 18.8. The van der Waals surface area contributed by atoms with Gasteiger partial charge in [-0.3, -0.25) is 10.1 Å². The molecular formula is C17H13ClN2O2. The Bertz CT molecular complexity index is 849. The Kier molecular flexibility index (Phi) is 3.94. The molecule has 0 saturated carbocycles. The van der Waals surface area contributed by atoms with Crippen LogP contribution in [0.1, 0.15) is 5.56 Å². The summed E-state index contributed by atoms with van der Waals surface area (Å²) in [5, 5.41) is 16.8. The normalized spacial score (nSPS) is 10.6. The highest BCUT2D eigenvalue weighted by molar-refractivity contribution is 6.30. The van der Waals surface area contributed by atoms with Crippen LogP contribution < -0.4 is 5.32 Å². The van der Waals surface area contributed by atoms with E-state index >= 15 is 0 Å². The SMILES string of the molecule is O=[N+]([O-])c1cc(Cl)ccc1NCc1ccc2ccccc2c1. The molecule has 3 aromatic rings. The number of rotatable bonds is 4. The van der Waals surface area contributed by atoms with Crippen LogP contribution in [-0.2, 0) is 6.54 Å². The van der Waals surface area contributed by atoms with E-state index in [2.05, 4.69) is 17.4 Å². The van der Waals surface area contributed by atoms with Crippen LogP contribution in [0.25, 0.3) is 10.8 Å². The van der Waals surface area contributed by atoms with Crippen molar-refractivity contribution in [2.45, 2.75) is 6.54 Å². The molecule has 0 aliphatic rings. The number of hydrogen-bond donors (Lipinski definition) is 1. The molecule has 1 N–H and O–H groups in total. The van der Waals surface area contributed by atoms with Gasteiger partial charge in [-0.2, -0.15) is 0 Å². The molecule has 3 rings (SSSR count). The molecule has 110 valence electrons. The van der Waals surface area contributed by atoms with E-state index in [9.17, 15) is 10.1 Å². The van der Waals surface area contributed by atoms with Crippen LogP contribution in [-0.4, -0.2) is 4.92 Å². The van der Waals surface area contributed by atoms with Gasteiger partial charge in [-0.15, -0.1) is 0 Å². The molecule has 0 heterocycles. The number of fused-ring (bicyclic) bond motifs is 1. The Labute approximate surface area is 132 Å². The van der Waals surface area contributed by atoms with Gasteiger partial charge in [-0.25, -0.2) is 0 Å². The molecule has 0 atom stereocenters. The highest BCUT2D eigenvalue weighted by Crippen LogP contribution is 2.28. The number of nitrogens with one attached hydrogen (secondary N) is 1. The van der Waals surface area contributed by atoms with Crippen LogP contribution >= 0.6 is 11.6 Å². The van der Waals surface area contributed by atoms with E-state index in [0.717, 1.165) is 10.9 Å². The third kappa shape index (κ3) is 3.02. The van der Waals surface area contributed by atoms with Crippen molar-refractivity contribution in [2.75, 3.05) is 5.32 Å². The maximum absolute atomic E-state index is 11.1. The van der Waals surface area contributed by atoms with Crippen molar-refractivity contribution in [2.24, 2.45) is 0 Å². The van der Waals surface area contributed by atoms with E-state index in [1.54, 1.807) is 12.1 Å². The summed E-state index contributed by atoms with van der Waals surface area (Å²) in [5.74, 6) is 0. The second-order valence-corrected chi connectivity index (χ2v) is 5.39. The summed E-state index contributed by atoms with van der Waals surface area (Å²) in [6.07, 6.45) is 0. The Morgan fingerprint density at radius 1 is 1.00 bits per heavy atom. The van der Waals surface area contributed by atoms with Gasteiger partial charge < -0.3 is 5.32 Å². The van der Waals surface area contributed by atoms with E-state index < -0.39 is 4.92 Å². The van der Waals surface area contributed by atoms with Crippen molar-refractivity contribution in [3.63, 3.8) is 0 Å². The second kappa shape index (κ2) is 6.03. The number of benzene rings is 3. The monoisotopic (exact) mass is 312 g/mol. The summed E-state index contributed by atoms with van der Waals surface area (Å²) in [6.45, 7) is 0.507. The van der Waals surface area contributed by atoms with E-state index in [0.29, 0.717) is 17.3 Å². The van der Waals surface area contributed by atoms with Gasteiger partial charge in [-0.05, 0) is 34.5 Å². The predicted molar refractivity (Wildman–Crippen MR) is 89.4 cm³/mol. The van der Waals surface area contributed by atoms with Crippen molar-refractivity contribution in [1.29, 1.82) is 0 Å². The maximum Gasteiger partial charge on any atom is 0.293 e. The number of anilines is 1. The molecule has 5 heteroatoms. The molecule has 3 aromatic carbocycles. The van der Waals surface area contributed by atoms with Crippen molar-refractivity contribution in [3.05, 3.63) is 81.4 Å². The summed E-state index contributed by atoms with van der Waals surface area (Å²) in [7, 11) is 0. The zero-order chi connectivity index (χ0) is 15.5. The maximum atomic E-state index is 11.1. The minimum atomic E-state index is -0.436. The van der Waals surface area contributed by atoms with Crippen LogP contribution in [0, 0.1) is 10.1 Å². The fourth-order valence-corrected chi connectivity index (χ4v) is 2.52. The van der Waals surface area contributed by atoms with E-state index in [1.165, 1.54) is 11.5 Å². The van der Waals surface area contributed by atoms with E-state index in [1.807, 2.05) is 30.3 Å². The first-order valence-electron chi connectivity index (χ1n) is 6.79. The number of halogens is 1. The Morgan fingerprint density at radius 2 is 1.77 bits per heavy atom. The van der Waals surface area contributed by atoms with Gasteiger partial charge in [0.2, 0.25) is 0 Å². The lowest BCUT2D eigenvalue weighted by molar-refractivity contribution is -0.383. The number of hydrogen-bond acceptors (Lipinski definition) is 3. The van der Waals surface area contributed by atoms with Gasteiger partial charge in [0.05, 0.1) is 4.92 Å². The highest BCUT2D eigenvalue weighted by atomic mass is 35.5. The molecule has 0 unspecified atom stereocenters. The molecule has 0 aliphatic carbocycles. The third-order valence-electron chi connectivity index (χ3n) is 3.45. The van der Waals surface area contributed by atoms with Crippen molar-refractivity contribution < 1.29 is 4.92 Å². The molecule has 22 heavy (non-hydrogen) atoms. The van der Waals surface area contributed by atoms with Crippen molar-refractivity contribution in [1.82, 2.24) is 0 Å². The second-order valence-electron chi connectivity index (χ2n) is 4.95. The van der Waals surface area contributed by atoms with E-state index in [4.69, 9.17) is 11.6 Å². The minimum Gasteiger partial charge on any atom is -0.375 e. The van der Waals surface area contributed by atoms with Crippen LogP contribution in [0.4, 0.5) is 11.4 Å². The zero-order valence-electron chi connectivity index (χ0n) is 11.6. The first kappa shape index (κ1) is 14.4. The zero-order valence-corrected chi connectivity index (χ0v) is 12.4. The van der Waals surface area contributed by atoms with Gasteiger partial charge in [0.15, 0.2) is 0 Å². The fourth-order valence-electron chi connectivity index (χ4n) is 2.35. The lowest BCUT2D eigenvalue weighted by atomic mass is 10.1. The fraction of sp³-hybridized carbons (Fsp3) is 0.0588. The van der Waals surface area contributed by atoms with Gasteiger partial charge >= 0.3 is 0 Å². The summed E-state index contributed by atoms with van der Waals surface area (Å²) >= 11 is 5.81. The van der Waals surface area contributed by atoms with Gasteiger partial charge in [0.1, 0.15) is 5.69 Å². The summed E-state index contributed by atoms with van der Waals surface area (Å²) < 4.78 is 0. The lowest BCUT2D eigenvalue weighted by Gasteiger charge is -2.08.